The Morgan fingerprint density at radius 1 is 0.935 bits per heavy atom. The molecule has 0 spiro atoms. The maximum atomic E-state index is 13.0. The second-order valence-electron chi connectivity index (χ2n) is 7.73. The van der Waals surface area contributed by atoms with Crippen LogP contribution in [0.3, 0.4) is 0 Å². The van der Waals surface area contributed by atoms with Crippen LogP contribution in [0.4, 0.5) is 0 Å². The van der Waals surface area contributed by atoms with E-state index in [0.717, 1.165) is 22.9 Å². The number of ether oxygens (including phenoxy) is 1. The van der Waals surface area contributed by atoms with Gasteiger partial charge in [0.25, 0.3) is 5.91 Å². The molecule has 31 heavy (non-hydrogen) atoms. The van der Waals surface area contributed by atoms with Gasteiger partial charge in [-0.2, -0.15) is 0 Å². The van der Waals surface area contributed by atoms with Gasteiger partial charge >= 0.3 is 0 Å². The van der Waals surface area contributed by atoms with E-state index < -0.39 is 0 Å². The standard InChI is InChI=1S/C27H26N2O2/c1-19-11-13-21(14-12-19)18-31-26-17-24(23-9-5-6-10-25(23)29-26)27(30)28-16-15-22-8-4-3-7-20(22)2/h3-14,17H,15-16,18H2,1-2H3,(H,28,30). The highest BCUT2D eigenvalue weighted by atomic mass is 16.5. The lowest BCUT2D eigenvalue weighted by molar-refractivity contribution is 0.0955. The Morgan fingerprint density at radius 3 is 2.48 bits per heavy atom. The molecule has 0 atom stereocenters. The van der Waals surface area contributed by atoms with Gasteiger partial charge in [-0.05, 0) is 43.0 Å². The fourth-order valence-electron chi connectivity index (χ4n) is 3.55. The molecule has 1 amide bonds. The van der Waals surface area contributed by atoms with E-state index in [-0.39, 0.29) is 5.91 Å². The number of nitrogens with one attached hydrogen (secondary N) is 1. The largest absolute Gasteiger partial charge is 0.473 e. The molecular weight excluding hydrogens is 384 g/mol. The van der Waals surface area contributed by atoms with Crippen molar-refractivity contribution in [1.29, 1.82) is 0 Å². The van der Waals surface area contributed by atoms with Crippen LogP contribution in [0.1, 0.15) is 32.6 Å². The normalized spacial score (nSPS) is 10.8. The van der Waals surface area contributed by atoms with Crippen LogP contribution in [0, 0.1) is 13.8 Å². The molecule has 1 N–H and O–H groups in total. The number of aromatic nitrogens is 1. The summed E-state index contributed by atoms with van der Waals surface area (Å²) in [4.78, 5) is 17.6. The minimum atomic E-state index is -0.118. The van der Waals surface area contributed by atoms with Crippen molar-refractivity contribution in [3.63, 3.8) is 0 Å². The Hall–Kier alpha value is -3.66. The summed E-state index contributed by atoms with van der Waals surface area (Å²) >= 11 is 0. The smallest absolute Gasteiger partial charge is 0.252 e. The van der Waals surface area contributed by atoms with Gasteiger partial charge in [0.05, 0.1) is 11.1 Å². The number of carbonyl (C=O) groups excluding carboxylic acids is 1. The third kappa shape index (κ3) is 5.10. The highest BCUT2D eigenvalue weighted by Crippen LogP contribution is 2.23. The van der Waals surface area contributed by atoms with Crippen LogP contribution >= 0.6 is 0 Å². The predicted octanol–water partition coefficient (Wildman–Crippen LogP) is 5.40. The Morgan fingerprint density at radius 2 is 1.68 bits per heavy atom. The van der Waals surface area contributed by atoms with E-state index in [4.69, 9.17) is 4.74 Å². The van der Waals surface area contributed by atoms with Crippen LogP contribution in [0.5, 0.6) is 5.88 Å². The first-order valence-electron chi connectivity index (χ1n) is 10.5. The first kappa shape index (κ1) is 20.6. The second-order valence-corrected chi connectivity index (χ2v) is 7.73. The number of carbonyl (C=O) groups is 1. The van der Waals surface area contributed by atoms with Gasteiger partial charge in [0, 0.05) is 18.0 Å². The molecule has 4 nitrogen and oxygen atoms in total. The first-order valence-corrected chi connectivity index (χ1v) is 10.5. The van der Waals surface area contributed by atoms with E-state index in [1.807, 2.05) is 48.5 Å². The summed E-state index contributed by atoms with van der Waals surface area (Å²) in [6.45, 7) is 5.12. The Balaban J connectivity index is 1.50. The zero-order chi connectivity index (χ0) is 21.6. The van der Waals surface area contributed by atoms with Crippen molar-refractivity contribution in [2.75, 3.05) is 6.54 Å². The maximum absolute atomic E-state index is 13.0. The van der Waals surface area contributed by atoms with E-state index in [2.05, 4.69) is 48.4 Å². The number of benzene rings is 3. The third-order valence-electron chi connectivity index (χ3n) is 5.39. The van der Waals surface area contributed by atoms with Gasteiger partial charge in [-0.3, -0.25) is 4.79 Å². The van der Waals surface area contributed by atoms with E-state index in [0.29, 0.717) is 24.6 Å². The SMILES string of the molecule is Cc1ccc(COc2cc(C(=O)NCCc3ccccc3C)c3ccccc3n2)cc1. The Labute approximate surface area is 182 Å². The topological polar surface area (TPSA) is 51.2 Å². The van der Waals surface area contributed by atoms with Crippen molar-refractivity contribution in [2.24, 2.45) is 0 Å². The van der Waals surface area contributed by atoms with Gasteiger partial charge in [0.15, 0.2) is 0 Å². The number of hydrogen-bond acceptors (Lipinski definition) is 3. The monoisotopic (exact) mass is 410 g/mol. The van der Waals surface area contributed by atoms with Crippen LogP contribution in [0.15, 0.2) is 78.9 Å². The van der Waals surface area contributed by atoms with Crippen molar-refractivity contribution < 1.29 is 9.53 Å². The second kappa shape index (κ2) is 9.43. The lowest BCUT2D eigenvalue weighted by Gasteiger charge is -2.12. The molecule has 156 valence electrons. The molecule has 0 saturated heterocycles. The fraction of sp³-hybridized carbons (Fsp3) is 0.185. The lowest BCUT2D eigenvalue weighted by atomic mass is 10.1. The summed E-state index contributed by atoms with van der Waals surface area (Å²) in [5, 5.41) is 3.87. The number of nitrogens with zero attached hydrogens (tertiary/aromatic N) is 1. The highest BCUT2D eigenvalue weighted by molar-refractivity contribution is 6.06. The van der Waals surface area contributed by atoms with Crippen LogP contribution < -0.4 is 10.1 Å². The molecule has 4 rings (SSSR count). The number of fused-ring (bicyclic) bond motifs is 1. The van der Waals surface area contributed by atoms with Gasteiger partial charge in [-0.1, -0.05) is 72.3 Å². The lowest BCUT2D eigenvalue weighted by Crippen LogP contribution is -2.26. The average molecular weight is 411 g/mol. The van der Waals surface area contributed by atoms with Crippen LogP contribution in [0.25, 0.3) is 10.9 Å². The predicted molar refractivity (Wildman–Crippen MR) is 124 cm³/mol. The highest BCUT2D eigenvalue weighted by Gasteiger charge is 2.14. The molecule has 0 aliphatic heterocycles. The van der Waals surface area contributed by atoms with E-state index in [1.54, 1.807) is 6.07 Å². The van der Waals surface area contributed by atoms with E-state index >= 15 is 0 Å². The van der Waals surface area contributed by atoms with E-state index in [9.17, 15) is 4.79 Å². The van der Waals surface area contributed by atoms with Crippen molar-refractivity contribution in [3.05, 3.63) is 107 Å². The molecule has 0 bridgehead atoms. The van der Waals surface area contributed by atoms with Crippen molar-refractivity contribution in [2.45, 2.75) is 26.9 Å². The first-order chi connectivity index (χ1) is 15.1. The van der Waals surface area contributed by atoms with Crippen LogP contribution in [-0.4, -0.2) is 17.4 Å². The van der Waals surface area contributed by atoms with Gasteiger partial charge in [0.1, 0.15) is 6.61 Å². The van der Waals surface area contributed by atoms with Crippen LogP contribution in [-0.2, 0) is 13.0 Å². The molecule has 1 aromatic heterocycles. The number of para-hydroxylation sites is 1. The quantitative estimate of drug-likeness (QED) is 0.444. The number of aryl methyl sites for hydroxylation is 2. The summed E-state index contributed by atoms with van der Waals surface area (Å²) in [5.41, 5.74) is 6.06. The summed E-state index contributed by atoms with van der Waals surface area (Å²) < 4.78 is 5.93. The fourth-order valence-corrected chi connectivity index (χ4v) is 3.55. The number of hydrogen-bond donors (Lipinski definition) is 1. The number of pyridine rings is 1. The minimum Gasteiger partial charge on any atom is -0.473 e. The molecule has 0 aliphatic rings. The zero-order valence-electron chi connectivity index (χ0n) is 17.9. The molecule has 0 unspecified atom stereocenters. The maximum Gasteiger partial charge on any atom is 0.252 e. The number of amides is 1. The van der Waals surface area contributed by atoms with E-state index in [1.165, 1.54) is 16.7 Å². The molecule has 0 aliphatic carbocycles. The van der Waals surface area contributed by atoms with Gasteiger partial charge in [-0.15, -0.1) is 0 Å². The van der Waals surface area contributed by atoms with Crippen molar-refractivity contribution in [1.82, 2.24) is 10.3 Å². The number of rotatable bonds is 7. The molecule has 1 heterocycles. The Bertz CT molecular complexity index is 1200. The minimum absolute atomic E-state index is 0.118. The Kier molecular flexibility index (Phi) is 6.27. The third-order valence-corrected chi connectivity index (χ3v) is 5.39. The molecule has 0 fully saturated rings. The van der Waals surface area contributed by atoms with Crippen LogP contribution in [0.2, 0.25) is 0 Å². The zero-order valence-corrected chi connectivity index (χ0v) is 17.9. The summed E-state index contributed by atoms with van der Waals surface area (Å²) in [5.74, 6) is 0.329. The van der Waals surface area contributed by atoms with Crippen molar-refractivity contribution >= 4 is 16.8 Å². The van der Waals surface area contributed by atoms with Gasteiger partial charge in [0.2, 0.25) is 5.88 Å². The average Bonchev–Trinajstić information content (AvgIpc) is 2.79. The summed E-state index contributed by atoms with van der Waals surface area (Å²) in [6, 6.07) is 25.8. The molecule has 4 aromatic rings. The van der Waals surface area contributed by atoms with Gasteiger partial charge in [-0.25, -0.2) is 4.98 Å². The summed E-state index contributed by atoms with van der Waals surface area (Å²) in [7, 11) is 0. The molecule has 3 aromatic carbocycles. The van der Waals surface area contributed by atoms with Crippen molar-refractivity contribution in [3.8, 4) is 5.88 Å². The molecular formula is C27H26N2O2. The molecule has 0 saturated carbocycles. The molecule has 0 radical (unpaired) electrons. The molecule has 4 heteroatoms. The summed E-state index contributed by atoms with van der Waals surface area (Å²) in [6.07, 6.45) is 0.790. The van der Waals surface area contributed by atoms with Gasteiger partial charge < -0.3 is 10.1 Å².